The molecule has 0 spiro atoms. The second-order valence-corrected chi connectivity index (χ2v) is 4.59. The van der Waals surface area contributed by atoms with Gasteiger partial charge in [-0.2, -0.15) is 19.6 Å². The average Bonchev–Trinajstić information content (AvgIpc) is 3.04. The van der Waals surface area contributed by atoms with E-state index in [1.165, 1.54) is 6.33 Å². The summed E-state index contributed by atoms with van der Waals surface area (Å²) in [4.78, 5) is 8.20. The number of aromatic nitrogens is 4. The summed E-state index contributed by atoms with van der Waals surface area (Å²) in [6.45, 7) is 3.88. The first-order valence-corrected chi connectivity index (χ1v) is 6.20. The van der Waals surface area contributed by atoms with Gasteiger partial charge in [0, 0.05) is 5.56 Å². The Morgan fingerprint density at radius 2 is 2.32 bits per heavy atom. The molecule has 3 heterocycles. The maximum Gasteiger partial charge on any atom is 0.255 e. The molecule has 0 fully saturated rings. The van der Waals surface area contributed by atoms with Gasteiger partial charge in [0.2, 0.25) is 0 Å². The van der Waals surface area contributed by atoms with Crippen LogP contribution in [-0.4, -0.2) is 19.6 Å². The average molecular weight is 278 g/mol. The minimum atomic E-state index is -0.0143. The van der Waals surface area contributed by atoms with Crippen molar-refractivity contribution in [1.29, 1.82) is 0 Å². The maximum absolute atomic E-state index is 6.10. The predicted molar refractivity (Wildman–Crippen MR) is 71.3 cm³/mol. The molecule has 1 atom stereocenters. The lowest BCUT2D eigenvalue weighted by atomic mass is 10.2. The van der Waals surface area contributed by atoms with E-state index < -0.39 is 0 Å². The van der Waals surface area contributed by atoms with Gasteiger partial charge in [-0.3, -0.25) is 0 Å². The number of anilines is 1. The number of hydrogen-bond donors (Lipinski definition) is 1. The van der Waals surface area contributed by atoms with Gasteiger partial charge in [-0.1, -0.05) is 11.6 Å². The fraction of sp³-hybridized carbons (Fsp3) is 0.250. The van der Waals surface area contributed by atoms with Crippen LogP contribution in [0.2, 0.25) is 5.15 Å². The van der Waals surface area contributed by atoms with E-state index >= 15 is 0 Å². The molecule has 3 aromatic rings. The van der Waals surface area contributed by atoms with Crippen molar-refractivity contribution in [2.45, 2.75) is 19.9 Å². The summed E-state index contributed by atoms with van der Waals surface area (Å²) in [6.07, 6.45) is 3.09. The van der Waals surface area contributed by atoms with Gasteiger partial charge in [-0.25, -0.2) is 0 Å². The Kier molecular flexibility index (Phi) is 2.87. The van der Waals surface area contributed by atoms with Crippen molar-refractivity contribution in [2.24, 2.45) is 0 Å². The molecule has 7 heteroatoms. The molecular formula is C12H12ClN5O. The molecule has 0 aliphatic rings. The van der Waals surface area contributed by atoms with E-state index in [1.54, 1.807) is 10.8 Å². The van der Waals surface area contributed by atoms with Crippen molar-refractivity contribution in [3.63, 3.8) is 0 Å². The SMILES string of the molecule is Cc1c(Cl)nc2ncnn2c1NC(C)c1ccco1. The zero-order chi connectivity index (χ0) is 13.4. The summed E-state index contributed by atoms with van der Waals surface area (Å²) in [7, 11) is 0. The highest BCUT2D eigenvalue weighted by atomic mass is 35.5. The molecule has 98 valence electrons. The summed E-state index contributed by atoms with van der Waals surface area (Å²) in [5, 5.41) is 7.88. The van der Waals surface area contributed by atoms with Crippen LogP contribution in [0.3, 0.4) is 0 Å². The lowest BCUT2D eigenvalue weighted by molar-refractivity contribution is 0.489. The normalized spacial score (nSPS) is 12.8. The van der Waals surface area contributed by atoms with Gasteiger partial charge in [0.25, 0.3) is 5.78 Å². The monoisotopic (exact) mass is 277 g/mol. The van der Waals surface area contributed by atoms with Gasteiger partial charge in [0.1, 0.15) is 23.1 Å². The molecule has 0 radical (unpaired) electrons. The summed E-state index contributed by atoms with van der Waals surface area (Å²) >= 11 is 6.10. The first kappa shape index (κ1) is 12.0. The molecule has 0 amide bonds. The summed E-state index contributed by atoms with van der Waals surface area (Å²) in [6, 6.07) is 3.75. The first-order chi connectivity index (χ1) is 9.16. The van der Waals surface area contributed by atoms with E-state index in [9.17, 15) is 0 Å². The van der Waals surface area contributed by atoms with E-state index in [0.29, 0.717) is 10.9 Å². The van der Waals surface area contributed by atoms with Gasteiger partial charge >= 0.3 is 0 Å². The van der Waals surface area contributed by atoms with Crippen LogP contribution in [0.5, 0.6) is 0 Å². The lowest BCUT2D eigenvalue weighted by Crippen LogP contribution is -2.12. The van der Waals surface area contributed by atoms with Crippen molar-refractivity contribution in [3.8, 4) is 0 Å². The van der Waals surface area contributed by atoms with Gasteiger partial charge < -0.3 is 9.73 Å². The fourth-order valence-electron chi connectivity index (χ4n) is 1.88. The predicted octanol–water partition coefficient (Wildman–Crippen LogP) is 2.85. The van der Waals surface area contributed by atoms with E-state index in [1.807, 2.05) is 26.0 Å². The van der Waals surface area contributed by atoms with E-state index in [2.05, 4.69) is 20.4 Å². The highest BCUT2D eigenvalue weighted by molar-refractivity contribution is 6.30. The van der Waals surface area contributed by atoms with Crippen LogP contribution in [0.4, 0.5) is 5.82 Å². The van der Waals surface area contributed by atoms with Gasteiger partial charge in [-0.15, -0.1) is 0 Å². The van der Waals surface area contributed by atoms with Crippen LogP contribution in [0.25, 0.3) is 5.78 Å². The number of furan rings is 1. The third-order valence-electron chi connectivity index (χ3n) is 2.93. The molecule has 0 aliphatic heterocycles. The Morgan fingerprint density at radius 3 is 3.05 bits per heavy atom. The molecule has 0 aromatic carbocycles. The first-order valence-electron chi connectivity index (χ1n) is 5.82. The number of rotatable bonds is 3. The maximum atomic E-state index is 6.10. The Morgan fingerprint density at radius 1 is 1.47 bits per heavy atom. The molecule has 6 nitrogen and oxygen atoms in total. The molecule has 3 rings (SSSR count). The fourth-order valence-corrected chi connectivity index (χ4v) is 2.05. The number of halogens is 1. The summed E-state index contributed by atoms with van der Waals surface area (Å²) < 4.78 is 7.00. The summed E-state index contributed by atoms with van der Waals surface area (Å²) in [5.41, 5.74) is 0.818. The third-order valence-corrected chi connectivity index (χ3v) is 3.30. The van der Waals surface area contributed by atoms with Crippen LogP contribution < -0.4 is 5.32 Å². The number of nitrogens with one attached hydrogen (secondary N) is 1. The largest absolute Gasteiger partial charge is 0.467 e. The minimum absolute atomic E-state index is 0.0143. The van der Waals surface area contributed by atoms with Crippen molar-refractivity contribution >= 4 is 23.2 Å². The minimum Gasteiger partial charge on any atom is -0.467 e. The second kappa shape index (κ2) is 4.55. The lowest BCUT2D eigenvalue weighted by Gasteiger charge is -2.16. The van der Waals surface area contributed by atoms with Gasteiger partial charge in [-0.05, 0) is 26.0 Å². The van der Waals surface area contributed by atoms with Crippen molar-refractivity contribution in [2.75, 3.05) is 5.32 Å². The number of nitrogens with zero attached hydrogens (tertiary/aromatic N) is 4. The van der Waals surface area contributed by atoms with Crippen LogP contribution in [0.1, 0.15) is 24.3 Å². The Labute approximate surface area is 114 Å². The molecule has 3 aromatic heterocycles. The second-order valence-electron chi connectivity index (χ2n) is 4.23. The van der Waals surface area contributed by atoms with E-state index in [0.717, 1.165) is 17.1 Å². The Hall–Kier alpha value is -2.08. The van der Waals surface area contributed by atoms with E-state index in [-0.39, 0.29) is 6.04 Å². The highest BCUT2D eigenvalue weighted by Gasteiger charge is 2.16. The smallest absolute Gasteiger partial charge is 0.255 e. The van der Waals surface area contributed by atoms with Gasteiger partial charge in [0.05, 0.1) is 12.3 Å². The number of hydrogen-bond acceptors (Lipinski definition) is 5. The van der Waals surface area contributed by atoms with Gasteiger partial charge in [0.15, 0.2) is 0 Å². The highest BCUT2D eigenvalue weighted by Crippen LogP contribution is 2.26. The zero-order valence-electron chi connectivity index (χ0n) is 10.5. The molecule has 0 saturated heterocycles. The molecule has 0 bridgehead atoms. The standard InChI is InChI=1S/C12H12ClN5O/c1-7-10(13)17-12-14-6-15-18(12)11(7)16-8(2)9-4-3-5-19-9/h3-6,8,16H,1-2H3. The quantitative estimate of drug-likeness (QED) is 0.746. The molecular weight excluding hydrogens is 266 g/mol. The topological polar surface area (TPSA) is 68.2 Å². The third kappa shape index (κ3) is 2.04. The van der Waals surface area contributed by atoms with Crippen molar-refractivity contribution < 1.29 is 4.42 Å². The number of fused-ring (bicyclic) bond motifs is 1. The Bertz CT molecular complexity index is 706. The zero-order valence-corrected chi connectivity index (χ0v) is 11.2. The van der Waals surface area contributed by atoms with Crippen molar-refractivity contribution in [1.82, 2.24) is 19.6 Å². The van der Waals surface area contributed by atoms with Crippen LogP contribution in [-0.2, 0) is 0 Å². The molecule has 0 aliphatic carbocycles. The molecule has 1 unspecified atom stereocenters. The van der Waals surface area contributed by atoms with Crippen LogP contribution in [0.15, 0.2) is 29.1 Å². The van der Waals surface area contributed by atoms with Crippen LogP contribution >= 0.6 is 11.6 Å². The van der Waals surface area contributed by atoms with Crippen molar-refractivity contribution in [3.05, 3.63) is 41.2 Å². The molecule has 19 heavy (non-hydrogen) atoms. The molecule has 0 saturated carbocycles. The summed E-state index contributed by atoms with van der Waals surface area (Å²) in [5.74, 6) is 2.06. The van der Waals surface area contributed by atoms with E-state index in [4.69, 9.17) is 16.0 Å². The van der Waals surface area contributed by atoms with Crippen LogP contribution in [0, 0.1) is 6.92 Å². The Balaban J connectivity index is 2.04. The molecule has 1 N–H and O–H groups in total.